The molecule has 1 atom stereocenters. The van der Waals surface area contributed by atoms with Gasteiger partial charge in [-0.05, 0) is 56.7 Å². The van der Waals surface area contributed by atoms with Gasteiger partial charge in [-0.2, -0.15) is 18.3 Å². The van der Waals surface area contributed by atoms with E-state index in [9.17, 15) is 13.2 Å². The summed E-state index contributed by atoms with van der Waals surface area (Å²) in [6, 6.07) is 5.53. The van der Waals surface area contributed by atoms with Crippen molar-refractivity contribution in [2.45, 2.75) is 63.7 Å². The first-order valence-corrected chi connectivity index (χ1v) is 13.6. The second kappa shape index (κ2) is 9.35. The highest BCUT2D eigenvalue weighted by Crippen LogP contribution is 2.45. The van der Waals surface area contributed by atoms with E-state index in [0.29, 0.717) is 40.2 Å². The molecule has 2 aliphatic carbocycles. The van der Waals surface area contributed by atoms with Crippen LogP contribution in [0.1, 0.15) is 73.6 Å². The number of nitrogens with zero attached hydrogens (tertiary/aromatic N) is 8. The van der Waals surface area contributed by atoms with Crippen LogP contribution in [0.4, 0.5) is 13.2 Å². The number of methoxy groups -OCH3 is 1. The SMILES string of the molecule is COc1ncnc(C2CC2)c1-c1ncc2cnn(C3CCc4cc(-c5nc(C(F)(F)F)cn5C(C)C)ccc43)c2n1. The molecule has 2 aliphatic rings. The lowest BCUT2D eigenvalue weighted by atomic mass is 10.0. The van der Waals surface area contributed by atoms with E-state index in [2.05, 4.69) is 25.0 Å². The number of ether oxygens (including phenoxy) is 1. The third kappa shape index (κ3) is 4.32. The van der Waals surface area contributed by atoms with Gasteiger partial charge in [-0.15, -0.1) is 0 Å². The number of aromatic nitrogens is 8. The van der Waals surface area contributed by atoms with Crippen LogP contribution in [0.5, 0.6) is 5.88 Å². The predicted octanol–water partition coefficient (Wildman–Crippen LogP) is 6.17. The molecule has 1 aromatic carbocycles. The van der Waals surface area contributed by atoms with Crippen LogP contribution in [0.15, 0.2) is 43.1 Å². The van der Waals surface area contributed by atoms with Gasteiger partial charge < -0.3 is 9.30 Å². The summed E-state index contributed by atoms with van der Waals surface area (Å²) >= 11 is 0. The molecule has 0 N–H and O–H groups in total. The monoisotopic (exact) mass is 560 g/mol. The van der Waals surface area contributed by atoms with Crippen LogP contribution >= 0.6 is 0 Å². The van der Waals surface area contributed by atoms with E-state index in [4.69, 9.17) is 9.72 Å². The summed E-state index contributed by atoms with van der Waals surface area (Å²) in [6.07, 6.45) is 5.27. The van der Waals surface area contributed by atoms with E-state index in [-0.39, 0.29) is 12.1 Å². The molecule has 0 bridgehead atoms. The molecule has 5 aromatic rings. The molecule has 1 fully saturated rings. The van der Waals surface area contributed by atoms with Gasteiger partial charge in [-0.1, -0.05) is 12.1 Å². The van der Waals surface area contributed by atoms with Crippen LogP contribution in [0, 0.1) is 0 Å². The van der Waals surface area contributed by atoms with E-state index in [1.165, 1.54) is 6.33 Å². The molecule has 0 amide bonds. The van der Waals surface area contributed by atoms with Crippen LogP contribution in [0.3, 0.4) is 0 Å². The molecule has 210 valence electrons. The molecule has 0 saturated heterocycles. The number of benzene rings is 1. The number of hydrogen-bond donors (Lipinski definition) is 0. The zero-order valence-electron chi connectivity index (χ0n) is 22.7. The van der Waals surface area contributed by atoms with Crippen LogP contribution in [0.25, 0.3) is 33.8 Å². The lowest BCUT2D eigenvalue weighted by Gasteiger charge is -2.15. The van der Waals surface area contributed by atoms with E-state index in [1.54, 1.807) is 24.1 Å². The summed E-state index contributed by atoms with van der Waals surface area (Å²) in [5, 5.41) is 5.49. The van der Waals surface area contributed by atoms with Crippen molar-refractivity contribution in [1.29, 1.82) is 0 Å². The first kappa shape index (κ1) is 25.6. The van der Waals surface area contributed by atoms with Gasteiger partial charge >= 0.3 is 6.18 Å². The molecular weight excluding hydrogens is 533 g/mol. The van der Waals surface area contributed by atoms with Crippen molar-refractivity contribution in [3.63, 3.8) is 0 Å². The van der Waals surface area contributed by atoms with E-state index in [0.717, 1.165) is 54.1 Å². The minimum Gasteiger partial charge on any atom is -0.480 e. The standard InChI is InChI=1S/C29H27F3N8O/c1-15(2)39-13-22(29(30,31)32)37-26(39)18-6-8-20-17(10-18)7-9-21(20)40-27-19(12-36-40)11-33-25(38-27)23-24(16-4-5-16)34-14-35-28(23)41-3/h6,8,10-16,21H,4-5,7,9H2,1-3H3. The number of hydrogen-bond acceptors (Lipinski definition) is 7. The van der Waals surface area contributed by atoms with Gasteiger partial charge in [-0.3, -0.25) is 0 Å². The first-order chi connectivity index (χ1) is 19.7. The Hall–Kier alpha value is -4.35. The number of alkyl halides is 3. The molecule has 41 heavy (non-hydrogen) atoms. The Bertz CT molecular complexity index is 1790. The van der Waals surface area contributed by atoms with Crippen LogP contribution < -0.4 is 4.74 Å². The number of halogens is 3. The molecule has 0 spiro atoms. The van der Waals surface area contributed by atoms with Gasteiger partial charge in [0.25, 0.3) is 0 Å². The average Bonchev–Trinajstić information content (AvgIpc) is 3.36. The Morgan fingerprint density at radius 2 is 1.85 bits per heavy atom. The average molecular weight is 561 g/mol. The second-order valence-corrected chi connectivity index (χ2v) is 10.9. The Balaban J connectivity index is 1.27. The lowest BCUT2D eigenvalue weighted by molar-refractivity contribution is -0.140. The normalized spacial score (nSPS) is 17.0. The van der Waals surface area contributed by atoms with Crippen molar-refractivity contribution < 1.29 is 17.9 Å². The Kier molecular flexibility index (Phi) is 5.84. The van der Waals surface area contributed by atoms with Crippen LogP contribution in [-0.2, 0) is 12.6 Å². The van der Waals surface area contributed by atoms with Gasteiger partial charge in [0.05, 0.1) is 30.4 Å². The fourth-order valence-corrected chi connectivity index (χ4v) is 5.72. The van der Waals surface area contributed by atoms with Crippen molar-refractivity contribution in [3.05, 3.63) is 65.6 Å². The maximum absolute atomic E-state index is 13.4. The molecule has 1 saturated carbocycles. The summed E-state index contributed by atoms with van der Waals surface area (Å²) in [7, 11) is 1.58. The number of fused-ring (bicyclic) bond motifs is 2. The smallest absolute Gasteiger partial charge is 0.434 e. The molecule has 0 aliphatic heterocycles. The van der Waals surface area contributed by atoms with Gasteiger partial charge in [0.15, 0.2) is 17.2 Å². The quantitative estimate of drug-likeness (QED) is 0.245. The van der Waals surface area contributed by atoms with Crippen molar-refractivity contribution in [2.24, 2.45) is 0 Å². The summed E-state index contributed by atoms with van der Waals surface area (Å²) in [5.74, 6) is 1.60. The van der Waals surface area contributed by atoms with Gasteiger partial charge in [0.2, 0.25) is 5.88 Å². The largest absolute Gasteiger partial charge is 0.480 e. The topological polar surface area (TPSA) is 96.4 Å². The summed E-state index contributed by atoms with van der Waals surface area (Å²) in [4.78, 5) is 22.3. The first-order valence-electron chi connectivity index (χ1n) is 13.6. The van der Waals surface area contributed by atoms with E-state index >= 15 is 0 Å². The molecule has 4 heterocycles. The number of aryl methyl sites for hydroxylation is 1. The van der Waals surface area contributed by atoms with Crippen LogP contribution in [-0.4, -0.2) is 46.4 Å². The van der Waals surface area contributed by atoms with Crippen LogP contribution in [0.2, 0.25) is 0 Å². The zero-order chi connectivity index (χ0) is 28.5. The molecule has 12 heteroatoms. The molecule has 1 unspecified atom stereocenters. The third-order valence-corrected chi connectivity index (χ3v) is 7.88. The van der Waals surface area contributed by atoms with Crippen molar-refractivity contribution in [3.8, 4) is 28.7 Å². The lowest BCUT2D eigenvalue weighted by Crippen LogP contribution is -2.10. The number of rotatable bonds is 6. The van der Waals surface area contributed by atoms with E-state index < -0.39 is 11.9 Å². The fourth-order valence-electron chi connectivity index (χ4n) is 5.72. The number of imidazole rings is 1. The Labute approximate surface area is 233 Å². The molecular formula is C29H27F3N8O. The summed E-state index contributed by atoms with van der Waals surface area (Å²) < 4.78 is 49.4. The fraction of sp³-hybridized carbons (Fsp3) is 0.379. The Morgan fingerprint density at radius 1 is 1.02 bits per heavy atom. The highest BCUT2D eigenvalue weighted by Gasteiger charge is 2.36. The van der Waals surface area contributed by atoms with E-state index in [1.807, 2.05) is 36.7 Å². The molecule has 9 nitrogen and oxygen atoms in total. The van der Waals surface area contributed by atoms with Crippen molar-refractivity contribution in [2.75, 3.05) is 7.11 Å². The Morgan fingerprint density at radius 3 is 2.59 bits per heavy atom. The third-order valence-electron chi connectivity index (χ3n) is 7.88. The molecule has 7 rings (SSSR count). The highest BCUT2D eigenvalue weighted by atomic mass is 19.4. The van der Waals surface area contributed by atoms with Gasteiger partial charge in [0.1, 0.15) is 17.7 Å². The van der Waals surface area contributed by atoms with Gasteiger partial charge in [-0.25, -0.2) is 29.6 Å². The maximum Gasteiger partial charge on any atom is 0.434 e. The predicted molar refractivity (Wildman–Crippen MR) is 144 cm³/mol. The second-order valence-electron chi connectivity index (χ2n) is 10.9. The molecule has 4 aromatic heterocycles. The summed E-state index contributed by atoms with van der Waals surface area (Å²) in [6.45, 7) is 3.69. The minimum atomic E-state index is -4.51. The maximum atomic E-state index is 13.4. The highest BCUT2D eigenvalue weighted by molar-refractivity contribution is 5.78. The van der Waals surface area contributed by atoms with Crippen molar-refractivity contribution >= 4 is 11.0 Å². The minimum absolute atomic E-state index is 0.0771. The zero-order valence-corrected chi connectivity index (χ0v) is 22.7. The summed E-state index contributed by atoms with van der Waals surface area (Å²) in [5.41, 5.74) is 4.20. The van der Waals surface area contributed by atoms with Crippen molar-refractivity contribution in [1.82, 2.24) is 39.3 Å². The molecule has 0 radical (unpaired) electrons. The van der Waals surface area contributed by atoms with Gasteiger partial charge in [0, 0.05) is 29.9 Å².